The summed E-state index contributed by atoms with van der Waals surface area (Å²) in [5.74, 6) is -0.867. The van der Waals surface area contributed by atoms with Crippen molar-refractivity contribution < 1.29 is 27.9 Å². The van der Waals surface area contributed by atoms with Gasteiger partial charge >= 0.3 is 12.1 Å². The van der Waals surface area contributed by atoms with Gasteiger partial charge in [-0.2, -0.15) is 13.2 Å². The van der Waals surface area contributed by atoms with E-state index in [9.17, 15) is 22.8 Å². The average molecular weight is 488 g/mol. The third-order valence-corrected chi connectivity index (χ3v) is 6.33. The van der Waals surface area contributed by atoms with Crippen molar-refractivity contribution in [1.29, 1.82) is 0 Å². The van der Waals surface area contributed by atoms with Crippen LogP contribution >= 0.6 is 11.8 Å². The molecule has 0 spiro atoms. The number of benzene rings is 2. The Morgan fingerprint density at radius 3 is 2.76 bits per heavy atom. The minimum Gasteiger partial charge on any atom is -0.478 e. The summed E-state index contributed by atoms with van der Waals surface area (Å²) in [6.07, 6.45) is 0.419. The lowest BCUT2D eigenvalue weighted by Crippen LogP contribution is -2.21. The zero-order valence-electron chi connectivity index (χ0n) is 18.0. The maximum absolute atomic E-state index is 13.4. The number of aryl methyl sites for hydroxylation is 1. The monoisotopic (exact) mass is 487 g/mol. The second-order valence-corrected chi connectivity index (χ2v) is 8.86. The number of thioether (sulfide) groups is 1. The number of hydrogen-bond acceptors (Lipinski definition) is 5. The highest BCUT2D eigenvalue weighted by Crippen LogP contribution is 2.33. The molecule has 1 atom stereocenters. The number of rotatable bonds is 6. The first-order chi connectivity index (χ1) is 16.1. The Morgan fingerprint density at radius 1 is 1.26 bits per heavy atom. The lowest BCUT2D eigenvalue weighted by Gasteiger charge is -2.14. The second kappa shape index (κ2) is 9.46. The molecule has 1 fully saturated rings. The van der Waals surface area contributed by atoms with Gasteiger partial charge in [-0.3, -0.25) is 14.8 Å². The Hall–Kier alpha value is -3.40. The first-order valence-corrected chi connectivity index (χ1v) is 11.3. The summed E-state index contributed by atoms with van der Waals surface area (Å²) in [5, 5.41) is 13.2. The summed E-state index contributed by atoms with van der Waals surface area (Å²) in [4.78, 5) is 32.1. The number of aliphatic imine (C=N–C) groups is 1. The number of carboxylic acid groups (broad SMARTS) is 1. The summed E-state index contributed by atoms with van der Waals surface area (Å²) >= 11 is 1.08. The number of carboxylic acids is 1. The molecule has 2 heterocycles. The van der Waals surface area contributed by atoms with Crippen molar-refractivity contribution in [2.75, 3.05) is 7.05 Å². The predicted molar refractivity (Wildman–Crippen MR) is 124 cm³/mol. The number of carbonyl (C=O) groups excluding carboxylic acids is 1. The Morgan fingerprint density at radius 2 is 2.06 bits per heavy atom. The quantitative estimate of drug-likeness (QED) is 0.644. The Kier molecular flexibility index (Phi) is 6.60. The van der Waals surface area contributed by atoms with Crippen LogP contribution in [0.5, 0.6) is 0 Å². The molecule has 0 aromatic heterocycles. The molecule has 0 bridgehead atoms. The zero-order valence-corrected chi connectivity index (χ0v) is 18.8. The number of hydrogen-bond donors (Lipinski definition) is 2. The molecule has 1 amide bonds. The van der Waals surface area contributed by atoms with E-state index in [-0.39, 0.29) is 28.8 Å². The molecule has 4 rings (SSSR count). The molecule has 2 aromatic carbocycles. The summed E-state index contributed by atoms with van der Waals surface area (Å²) in [6.45, 7) is 0. The van der Waals surface area contributed by atoms with Gasteiger partial charge in [-0.05, 0) is 77.7 Å². The van der Waals surface area contributed by atoms with Crippen LogP contribution < -0.4 is 15.9 Å². The van der Waals surface area contributed by atoms with E-state index in [0.717, 1.165) is 32.8 Å². The topological polar surface area (TPSA) is 91.1 Å². The van der Waals surface area contributed by atoms with Crippen molar-refractivity contribution in [2.45, 2.75) is 31.5 Å². The van der Waals surface area contributed by atoms with Gasteiger partial charge in [-0.1, -0.05) is 18.2 Å². The number of aromatic carboxylic acids is 1. The van der Waals surface area contributed by atoms with Gasteiger partial charge in [0.15, 0.2) is 0 Å². The Bertz CT molecular complexity index is 1350. The van der Waals surface area contributed by atoms with Crippen LogP contribution in [0.25, 0.3) is 12.2 Å². The molecule has 2 aliphatic rings. The third-order valence-electron chi connectivity index (χ3n) is 5.51. The van der Waals surface area contributed by atoms with E-state index in [4.69, 9.17) is 5.11 Å². The molecule has 0 aliphatic carbocycles. The lowest BCUT2D eigenvalue weighted by molar-refractivity contribution is -0.138. The van der Waals surface area contributed by atoms with Crippen molar-refractivity contribution in [2.24, 2.45) is 9.98 Å². The number of nitrogens with one attached hydrogen (secondary N) is 1. The van der Waals surface area contributed by atoms with Crippen molar-refractivity contribution >= 4 is 41.0 Å². The van der Waals surface area contributed by atoms with E-state index in [1.54, 1.807) is 7.05 Å². The largest absolute Gasteiger partial charge is 0.478 e. The molecule has 2 N–H and O–H groups in total. The van der Waals surface area contributed by atoms with Crippen molar-refractivity contribution in [1.82, 2.24) is 5.32 Å². The molecule has 2 aliphatic heterocycles. The summed E-state index contributed by atoms with van der Waals surface area (Å²) < 4.78 is 40.2. The fourth-order valence-corrected chi connectivity index (χ4v) is 4.71. The molecule has 10 heteroatoms. The highest BCUT2D eigenvalue weighted by atomic mass is 32.2. The number of alkyl halides is 3. The summed E-state index contributed by atoms with van der Waals surface area (Å²) in [5.41, 5.74) is -0.328. The summed E-state index contributed by atoms with van der Waals surface area (Å²) in [6, 6.07) is 8.70. The zero-order chi connectivity index (χ0) is 24.5. The van der Waals surface area contributed by atoms with Gasteiger partial charge in [-0.25, -0.2) is 4.79 Å². The molecule has 6 nitrogen and oxygen atoms in total. The standard InChI is InChI=1S/C24H20F3N3O3S/c1-28-21-20(34-23(33)30-21)10-13-5-8-19-16(9-13)11-17(29-19)4-2-3-14-6-7-15(22(31)32)12-18(14)24(25,26)27/h5-12,17H,2-4H2,1H3,(H,31,32)(H,28,30,33)/b20-10-. The van der Waals surface area contributed by atoms with Gasteiger partial charge in [-0.15, -0.1) is 0 Å². The van der Waals surface area contributed by atoms with Crippen LogP contribution in [0.4, 0.5) is 18.0 Å². The molecule has 0 radical (unpaired) electrons. The fourth-order valence-electron chi connectivity index (χ4n) is 3.93. The first kappa shape index (κ1) is 23.7. The number of amidine groups is 1. The SMILES string of the molecule is CN=C1NC(=O)S/C1=C\c1ccc2c(c1)=CC(CCCc1ccc(C(=O)O)cc1C(F)(F)F)N=2. The van der Waals surface area contributed by atoms with Crippen molar-refractivity contribution in [3.8, 4) is 0 Å². The third kappa shape index (κ3) is 5.22. The van der Waals surface area contributed by atoms with Crippen LogP contribution in [0.3, 0.4) is 0 Å². The second-order valence-electron chi connectivity index (χ2n) is 7.84. The number of fused-ring (bicyclic) bond motifs is 1. The predicted octanol–water partition coefficient (Wildman–Crippen LogP) is 4.03. The molecule has 0 saturated carbocycles. The molecular weight excluding hydrogens is 467 g/mol. The van der Waals surface area contributed by atoms with E-state index in [1.807, 2.05) is 30.4 Å². The maximum atomic E-state index is 13.4. The van der Waals surface area contributed by atoms with E-state index < -0.39 is 17.7 Å². The van der Waals surface area contributed by atoms with Crippen LogP contribution in [-0.4, -0.2) is 35.2 Å². The van der Waals surface area contributed by atoms with Crippen LogP contribution in [0.1, 0.15) is 39.9 Å². The van der Waals surface area contributed by atoms with Crippen LogP contribution in [0, 0.1) is 0 Å². The van der Waals surface area contributed by atoms with Gasteiger partial charge in [0, 0.05) is 7.05 Å². The smallest absolute Gasteiger partial charge is 0.416 e. The Balaban J connectivity index is 1.46. The van der Waals surface area contributed by atoms with E-state index >= 15 is 0 Å². The van der Waals surface area contributed by atoms with Crippen LogP contribution in [0.2, 0.25) is 0 Å². The summed E-state index contributed by atoms with van der Waals surface area (Å²) in [7, 11) is 1.60. The Labute approximate surface area is 197 Å². The highest BCUT2D eigenvalue weighted by molar-refractivity contribution is 8.18. The number of halogens is 3. The van der Waals surface area contributed by atoms with E-state index in [2.05, 4.69) is 15.3 Å². The van der Waals surface area contributed by atoms with Gasteiger partial charge < -0.3 is 10.4 Å². The normalized spacial score (nSPS) is 19.6. The molecular formula is C24H20F3N3O3S. The first-order valence-electron chi connectivity index (χ1n) is 10.4. The maximum Gasteiger partial charge on any atom is 0.416 e. The molecule has 176 valence electrons. The van der Waals surface area contributed by atoms with Gasteiger partial charge in [0.1, 0.15) is 5.84 Å². The van der Waals surface area contributed by atoms with Gasteiger partial charge in [0.2, 0.25) is 0 Å². The van der Waals surface area contributed by atoms with E-state index in [0.29, 0.717) is 24.7 Å². The van der Waals surface area contributed by atoms with Gasteiger partial charge in [0.05, 0.1) is 27.4 Å². The number of amides is 1. The minimum absolute atomic E-state index is 0.0764. The highest BCUT2D eigenvalue weighted by Gasteiger charge is 2.34. The molecule has 34 heavy (non-hydrogen) atoms. The lowest BCUT2D eigenvalue weighted by atomic mass is 9.97. The molecule has 1 unspecified atom stereocenters. The average Bonchev–Trinajstić information content (AvgIpc) is 3.34. The van der Waals surface area contributed by atoms with Gasteiger partial charge in [0.25, 0.3) is 5.24 Å². The van der Waals surface area contributed by atoms with Crippen molar-refractivity contribution in [3.05, 3.63) is 74.1 Å². The fraction of sp³-hybridized carbons (Fsp3) is 0.250. The molecule has 2 aromatic rings. The molecule has 1 saturated heterocycles. The van der Waals surface area contributed by atoms with Crippen molar-refractivity contribution in [3.63, 3.8) is 0 Å². The van der Waals surface area contributed by atoms with Crippen LogP contribution in [0.15, 0.2) is 51.3 Å². The minimum atomic E-state index is -4.62. The van der Waals surface area contributed by atoms with Crippen LogP contribution in [-0.2, 0) is 12.6 Å². The van der Waals surface area contributed by atoms with E-state index in [1.165, 1.54) is 12.1 Å². The number of carbonyl (C=O) groups is 2. The number of nitrogens with zero attached hydrogens (tertiary/aromatic N) is 2.